The maximum atomic E-state index is 5.83. The molecule has 0 radical (unpaired) electrons. The molecule has 1 unspecified atom stereocenters. The number of nitrogens with one attached hydrogen (secondary N) is 1. The SMILES string of the molecule is CCCCCCC(C)OCc1ccc(CNCCC)o1. The number of ether oxygens (including phenoxy) is 1. The van der Waals surface area contributed by atoms with Gasteiger partial charge in [-0.25, -0.2) is 0 Å². The monoisotopic (exact) mass is 281 g/mol. The highest BCUT2D eigenvalue weighted by molar-refractivity contribution is 5.06. The number of rotatable bonds is 12. The van der Waals surface area contributed by atoms with E-state index in [0.717, 1.165) is 37.5 Å². The third-order valence-corrected chi connectivity index (χ3v) is 3.42. The van der Waals surface area contributed by atoms with Gasteiger partial charge in [-0.3, -0.25) is 0 Å². The van der Waals surface area contributed by atoms with Crippen LogP contribution in [0, 0.1) is 0 Å². The van der Waals surface area contributed by atoms with E-state index in [2.05, 4.69) is 26.1 Å². The summed E-state index contributed by atoms with van der Waals surface area (Å²) in [7, 11) is 0. The minimum atomic E-state index is 0.318. The zero-order valence-electron chi connectivity index (χ0n) is 13.4. The van der Waals surface area contributed by atoms with Crippen molar-refractivity contribution in [2.75, 3.05) is 6.54 Å². The Kier molecular flexibility index (Phi) is 9.42. The van der Waals surface area contributed by atoms with E-state index < -0.39 is 0 Å². The molecule has 0 bridgehead atoms. The fraction of sp³-hybridized carbons (Fsp3) is 0.765. The lowest BCUT2D eigenvalue weighted by atomic mass is 10.1. The Bertz CT molecular complexity index is 335. The summed E-state index contributed by atoms with van der Waals surface area (Å²) in [5.74, 6) is 1.92. The Labute approximate surface area is 124 Å². The molecule has 1 rings (SSSR count). The first-order valence-corrected chi connectivity index (χ1v) is 8.16. The molecule has 0 amide bonds. The molecule has 1 N–H and O–H groups in total. The Hall–Kier alpha value is -0.800. The molecule has 0 fully saturated rings. The van der Waals surface area contributed by atoms with Gasteiger partial charge in [-0.2, -0.15) is 0 Å². The molecule has 0 saturated heterocycles. The molecule has 1 heterocycles. The normalized spacial score (nSPS) is 12.8. The second kappa shape index (κ2) is 10.9. The predicted molar refractivity (Wildman–Crippen MR) is 83.7 cm³/mol. The molecule has 0 saturated carbocycles. The summed E-state index contributed by atoms with van der Waals surface area (Å²) in [6, 6.07) is 4.06. The molecule has 0 aliphatic rings. The lowest BCUT2D eigenvalue weighted by molar-refractivity contribution is 0.0355. The van der Waals surface area contributed by atoms with Crippen LogP contribution in [-0.4, -0.2) is 12.6 Å². The van der Waals surface area contributed by atoms with Gasteiger partial charge >= 0.3 is 0 Å². The molecular formula is C17H31NO2. The van der Waals surface area contributed by atoms with Crippen molar-refractivity contribution in [3.63, 3.8) is 0 Å². The predicted octanol–water partition coefficient (Wildman–Crippen LogP) is 4.65. The van der Waals surface area contributed by atoms with E-state index in [9.17, 15) is 0 Å². The van der Waals surface area contributed by atoms with E-state index in [-0.39, 0.29) is 0 Å². The van der Waals surface area contributed by atoms with Crippen LogP contribution >= 0.6 is 0 Å². The molecule has 116 valence electrons. The van der Waals surface area contributed by atoms with Crippen molar-refractivity contribution < 1.29 is 9.15 Å². The van der Waals surface area contributed by atoms with Crippen LogP contribution in [0.4, 0.5) is 0 Å². The first kappa shape index (κ1) is 17.3. The fourth-order valence-electron chi connectivity index (χ4n) is 2.15. The maximum absolute atomic E-state index is 5.83. The highest BCUT2D eigenvalue weighted by atomic mass is 16.5. The van der Waals surface area contributed by atoms with Crippen LogP contribution in [0.2, 0.25) is 0 Å². The molecule has 0 aliphatic carbocycles. The molecule has 0 aromatic carbocycles. The first-order chi connectivity index (χ1) is 9.76. The molecule has 3 heteroatoms. The van der Waals surface area contributed by atoms with E-state index in [4.69, 9.17) is 9.15 Å². The largest absolute Gasteiger partial charge is 0.462 e. The van der Waals surface area contributed by atoms with E-state index in [1.54, 1.807) is 0 Å². The number of unbranched alkanes of at least 4 members (excludes halogenated alkanes) is 3. The van der Waals surface area contributed by atoms with Crippen LogP contribution in [0.25, 0.3) is 0 Å². The highest BCUT2D eigenvalue weighted by Gasteiger charge is 2.06. The molecule has 1 aromatic rings. The van der Waals surface area contributed by atoms with Crippen LogP contribution in [0.5, 0.6) is 0 Å². The summed E-state index contributed by atoms with van der Waals surface area (Å²) < 4.78 is 11.6. The highest BCUT2D eigenvalue weighted by Crippen LogP contribution is 2.13. The Balaban J connectivity index is 2.14. The molecular weight excluding hydrogens is 250 g/mol. The van der Waals surface area contributed by atoms with Gasteiger partial charge in [-0.15, -0.1) is 0 Å². The van der Waals surface area contributed by atoms with Crippen LogP contribution in [-0.2, 0) is 17.9 Å². The Morgan fingerprint density at radius 2 is 1.90 bits per heavy atom. The van der Waals surface area contributed by atoms with Crippen molar-refractivity contribution in [1.29, 1.82) is 0 Å². The van der Waals surface area contributed by atoms with E-state index in [1.807, 2.05) is 12.1 Å². The average molecular weight is 281 g/mol. The molecule has 0 aliphatic heterocycles. The zero-order valence-corrected chi connectivity index (χ0v) is 13.4. The lowest BCUT2D eigenvalue weighted by Crippen LogP contribution is -2.13. The van der Waals surface area contributed by atoms with E-state index >= 15 is 0 Å². The summed E-state index contributed by atoms with van der Waals surface area (Å²) in [5.41, 5.74) is 0. The van der Waals surface area contributed by atoms with Crippen molar-refractivity contribution >= 4 is 0 Å². The van der Waals surface area contributed by atoms with E-state index in [0.29, 0.717) is 12.7 Å². The molecule has 20 heavy (non-hydrogen) atoms. The van der Waals surface area contributed by atoms with Gasteiger partial charge in [0, 0.05) is 0 Å². The average Bonchev–Trinajstić information content (AvgIpc) is 2.90. The maximum Gasteiger partial charge on any atom is 0.129 e. The summed E-state index contributed by atoms with van der Waals surface area (Å²) in [5, 5.41) is 3.33. The van der Waals surface area contributed by atoms with Crippen molar-refractivity contribution in [3.8, 4) is 0 Å². The third-order valence-electron chi connectivity index (χ3n) is 3.42. The van der Waals surface area contributed by atoms with Gasteiger partial charge in [0.1, 0.15) is 18.1 Å². The van der Waals surface area contributed by atoms with Gasteiger partial charge in [0.2, 0.25) is 0 Å². The molecule has 0 spiro atoms. The van der Waals surface area contributed by atoms with Gasteiger partial charge in [-0.05, 0) is 38.4 Å². The van der Waals surface area contributed by atoms with Gasteiger partial charge in [-0.1, -0.05) is 39.5 Å². The summed E-state index contributed by atoms with van der Waals surface area (Å²) in [6.45, 7) is 8.98. The van der Waals surface area contributed by atoms with Gasteiger partial charge in [0.25, 0.3) is 0 Å². The Morgan fingerprint density at radius 1 is 1.10 bits per heavy atom. The zero-order chi connectivity index (χ0) is 14.6. The van der Waals surface area contributed by atoms with Crippen LogP contribution in [0.15, 0.2) is 16.5 Å². The number of hydrogen-bond donors (Lipinski definition) is 1. The van der Waals surface area contributed by atoms with Crippen LogP contribution < -0.4 is 5.32 Å². The minimum absolute atomic E-state index is 0.318. The topological polar surface area (TPSA) is 34.4 Å². The Morgan fingerprint density at radius 3 is 2.65 bits per heavy atom. The minimum Gasteiger partial charge on any atom is -0.462 e. The van der Waals surface area contributed by atoms with Crippen molar-refractivity contribution in [3.05, 3.63) is 23.7 Å². The smallest absolute Gasteiger partial charge is 0.129 e. The van der Waals surface area contributed by atoms with Crippen molar-refractivity contribution in [2.45, 2.75) is 78.6 Å². The first-order valence-electron chi connectivity index (χ1n) is 8.16. The van der Waals surface area contributed by atoms with Gasteiger partial charge in [0.15, 0.2) is 0 Å². The summed E-state index contributed by atoms with van der Waals surface area (Å²) >= 11 is 0. The second-order valence-corrected chi connectivity index (χ2v) is 5.52. The molecule has 1 atom stereocenters. The fourth-order valence-corrected chi connectivity index (χ4v) is 2.15. The third kappa shape index (κ3) is 7.71. The van der Waals surface area contributed by atoms with Crippen molar-refractivity contribution in [1.82, 2.24) is 5.32 Å². The summed E-state index contributed by atoms with van der Waals surface area (Å²) in [6.07, 6.45) is 7.81. The van der Waals surface area contributed by atoms with Crippen LogP contribution in [0.1, 0.15) is 70.8 Å². The molecule has 1 aromatic heterocycles. The molecule has 3 nitrogen and oxygen atoms in total. The van der Waals surface area contributed by atoms with E-state index in [1.165, 1.54) is 25.7 Å². The number of hydrogen-bond acceptors (Lipinski definition) is 3. The lowest BCUT2D eigenvalue weighted by Gasteiger charge is -2.11. The number of furan rings is 1. The van der Waals surface area contributed by atoms with Crippen LogP contribution in [0.3, 0.4) is 0 Å². The standard InChI is InChI=1S/C17H31NO2/c1-4-6-7-8-9-15(3)19-14-17-11-10-16(20-17)13-18-12-5-2/h10-11,15,18H,4-9,12-14H2,1-3H3. The van der Waals surface area contributed by atoms with Gasteiger partial charge in [0.05, 0.1) is 12.6 Å². The van der Waals surface area contributed by atoms with Crippen molar-refractivity contribution in [2.24, 2.45) is 0 Å². The summed E-state index contributed by atoms with van der Waals surface area (Å²) in [4.78, 5) is 0. The van der Waals surface area contributed by atoms with Gasteiger partial charge < -0.3 is 14.5 Å². The second-order valence-electron chi connectivity index (χ2n) is 5.52. The quantitative estimate of drug-likeness (QED) is 0.566.